The zero-order valence-corrected chi connectivity index (χ0v) is 11.6. The molecule has 1 aromatic carbocycles. The van der Waals surface area contributed by atoms with E-state index >= 15 is 0 Å². The molecule has 1 heterocycles. The SMILES string of the molecule is CO[C@H](C(=O)N[C@H]1CCCN(C)C1)c1ccccc1. The van der Waals surface area contributed by atoms with Crippen LogP contribution in [0.3, 0.4) is 0 Å². The maximum Gasteiger partial charge on any atom is 0.254 e. The molecule has 0 aromatic heterocycles. The summed E-state index contributed by atoms with van der Waals surface area (Å²) in [7, 11) is 3.66. The van der Waals surface area contributed by atoms with Crippen LogP contribution in [0, 0.1) is 0 Å². The van der Waals surface area contributed by atoms with Crippen molar-refractivity contribution in [3.63, 3.8) is 0 Å². The number of likely N-dealkylation sites (N-methyl/N-ethyl adjacent to an activating group) is 1. The number of likely N-dealkylation sites (tertiary alicyclic amines) is 1. The van der Waals surface area contributed by atoms with Crippen LogP contribution in [0.1, 0.15) is 24.5 Å². The number of carbonyl (C=O) groups excluding carboxylic acids is 1. The van der Waals surface area contributed by atoms with E-state index in [4.69, 9.17) is 4.74 Å². The van der Waals surface area contributed by atoms with Crippen molar-refractivity contribution < 1.29 is 9.53 Å². The number of hydrogen-bond donors (Lipinski definition) is 1. The van der Waals surface area contributed by atoms with Gasteiger partial charge in [-0.25, -0.2) is 0 Å². The van der Waals surface area contributed by atoms with Crippen LogP contribution in [0.15, 0.2) is 30.3 Å². The minimum atomic E-state index is -0.520. The number of hydrogen-bond acceptors (Lipinski definition) is 3. The largest absolute Gasteiger partial charge is 0.367 e. The van der Waals surface area contributed by atoms with Crippen LogP contribution >= 0.6 is 0 Å². The maximum atomic E-state index is 12.3. The van der Waals surface area contributed by atoms with E-state index in [1.807, 2.05) is 30.3 Å². The monoisotopic (exact) mass is 262 g/mol. The molecule has 19 heavy (non-hydrogen) atoms. The summed E-state index contributed by atoms with van der Waals surface area (Å²) in [5.74, 6) is -0.0472. The Kier molecular flexibility index (Phi) is 4.93. The first-order valence-corrected chi connectivity index (χ1v) is 6.77. The topological polar surface area (TPSA) is 41.6 Å². The Morgan fingerprint density at radius 2 is 2.16 bits per heavy atom. The van der Waals surface area contributed by atoms with Crippen molar-refractivity contribution >= 4 is 5.91 Å². The second-order valence-corrected chi connectivity index (χ2v) is 5.14. The van der Waals surface area contributed by atoms with Gasteiger partial charge >= 0.3 is 0 Å². The van der Waals surface area contributed by atoms with E-state index < -0.39 is 6.10 Å². The number of nitrogens with zero attached hydrogens (tertiary/aromatic N) is 1. The van der Waals surface area contributed by atoms with E-state index in [1.54, 1.807) is 7.11 Å². The number of carbonyl (C=O) groups is 1. The quantitative estimate of drug-likeness (QED) is 0.896. The highest BCUT2D eigenvalue weighted by molar-refractivity contribution is 5.82. The lowest BCUT2D eigenvalue weighted by Gasteiger charge is -2.31. The van der Waals surface area contributed by atoms with Crippen LogP contribution in [0.2, 0.25) is 0 Å². The van der Waals surface area contributed by atoms with Crippen LogP contribution in [0.5, 0.6) is 0 Å². The van der Waals surface area contributed by atoms with Gasteiger partial charge in [0, 0.05) is 19.7 Å². The van der Waals surface area contributed by atoms with Crippen molar-refractivity contribution in [3.8, 4) is 0 Å². The summed E-state index contributed by atoms with van der Waals surface area (Å²) in [6, 6.07) is 9.84. The third kappa shape index (κ3) is 3.78. The molecule has 1 aliphatic rings. The molecule has 0 radical (unpaired) electrons. The molecule has 0 unspecified atom stereocenters. The highest BCUT2D eigenvalue weighted by atomic mass is 16.5. The lowest BCUT2D eigenvalue weighted by atomic mass is 10.0. The normalized spacial score (nSPS) is 21.9. The Hall–Kier alpha value is -1.39. The smallest absolute Gasteiger partial charge is 0.254 e. The highest BCUT2D eigenvalue weighted by Crippen LogP contribution is 2.17. The van der Waals surface area contributed by atoms with E-state index in [0.717, 1.165) is 31.5 Å². The van der Waals surface area contributed by atoms with Gasteiger partial charge in [-0.2, -0.15) is 0 Å². The van der Waals surface area contributed by atoms with E-state index in [1.165, 1.54) is 0 Å². The van der Waals surface area contributed by atoms with Crippen LogP contribution in [-0.2, 0) is 9.53 Å². The van der Waals surface area contributed by atoms with Crippen molar-refractivity contribution in [3.05, 3.63) is 35.9 Å². The first-order chi connectivity index (χ1) is 9.20. The van der Waals surface area contributed by atoms with Gasteiger partial charge in [0.25, 0.3) is 5.91 Å². The number of benzene rings is 1. The van der Waals surface area contributed by atoms with Gasteiger partial charge in [0.05, 0.1) is 0 Å². The third-order valence-corrected chi connectivity index (χ3v) is 3.55. The number of methoxy groups -OCH3 is 1. The average Bonchev–Trinajstić information content (AvgIpc) is 2.41. The van der Waals surface area contributed by atoms with Crippen molar-refractivity contribution in [1.82, 2.24) is 10.2 Å². The second-order valence-electron chi connectivity index (χ2n) is 5.14. The van der Waals surface area contributed by atoms with Gasteiger partial charge in [-0.1, -0.05) is 30.3 Å². The number of rotatable bonds is 4. The zero-order valence-electron chi connectivity index (χ0n) is 11.6. The van der Waals surface area contributed by atoms with E-state index in [9.17, 15) is 4.79 Å². The molecule has 1 aromatic rings. The molecule has 1 amide bonds. The molecule has 104 valence electrons. The van der Waals surface area contributed by atoms with Gasteiger partial charge in [-0.3, -0.25) is 4.79 Å². The Morgan fingerprint density at radius 1 is 1.42 bits per heavy atom. The first kappa shape index (κ1) is 14.0. The predicted octanol–water partition coefficient (Wildman–Crippen LogP) is 1.58. The summed E-state index contributed by atoms with van der Waals surface area (Å²) < 4.78 is 5.34. The molecule has 1 saturated heterocycles. The number of nitrogens with one attached hydrogen (secondary N) is 1. The molecule has 0 saturated carbocycles. The fourth-order valence-electron chi connectivity index (χ4n) is 2.58. The molecule has 0 aliphatic carbocycles. The summed E-state index contributed by atoms with van der Waals surface area (Å²) >= 11 is 0. The predicted molar refractivity (Wildman–Crippen MR) is 74.9 cm³/mol. The molecule has 4 heteroatoms. The average molecular weight is 262 g/mol. The maximum absolute atomic E-state index is 12.3. The fourth-order valence-corrected chi connectivity index (χ4v) is 2.58. The van der Waals surface area contributed by atoms with Crippen LogP contribution in [-0.4, -0.2) is 44.1 Å². The highest BCUT2D eigenvalue weighted by Gasteiger charge is 2.24. The van der Waals surface area contributed by atoms with E-state index in [2.05, 4.69) is 17.3 Å². The summed E-state index contributed by atoms with van der Waals surface area (Å²) in [5.41, 5.74) is 0.895. The number of amides is 1. The molecule has 2 rings (SSSR count). The molecule has 1 aliphatic heterocycles. The fraction of sp³-hybridized carbons (Fsp3) is 0.533. The minimum absolute atomic E-state index is 0.0472. The molecular formula is C15H22N2O2. The lowest BCUT2D eigenvalue weighted by molar-refractivity contribution is -0.132. The van der Waals surface area contributed by atoms with E-state index in [-0.39, 0.29) is 11.9 Å². The van der Waals surface area contributed by atoms with Crippen molar-refractivity contribution in [2.24, 2.45) is 0 Å². The molecule has 0 spiro atoms. The van der Waals surface area contributed by atoms with Crippen LogP contribution < -0.4 is 5.32 Å². The van der Waals surface area contributed by atoms with Gasteiger partial charge < -0.3 is 15.0 Å². The van der Waals surface area contributed by atoms with Crippen molar-refractivity contribution in [1.29, 1.82) is 0 Å². The van der Waals surface area contributed by atoms with Crippen LogP contribution in [0.4, 0.5) is 0 Å². The molecule has 1 fully saturated rings. The first-order valence-electron chi connectivity index (χ1n) is 6.77. The summed E-state index contributed by atoms with van der Waals surface area (Å²) in [6.45, 7) is 2.02. The Labute approximate surface area is 114 Å². The lowest BCUT2D eigenvalue weighted by Crippen LogP contribution is -2.47. The third-order valence-electron chi connectivity index (χ3n) is 3.55. The van der Waals surface area contributed by atoms with Crippen molar-refractivity contribution in [2.75, 3.05) is 27.2 Å². The molecule has 1 N–H and O–H groups in total. The zero-order chi connectivity index (χ0) is 13.7. The molecule has 0 bridgehead atoms. The molecule has 2 atom stereocenters. The van der Waals surface area contributed by atoms with Gasteiger partial charge in [-0.15, -0.1) is 0 Å². The second kappa shape index (κ2) is 6.68. The van der Waals surface area contributed by atoms with Gasteiger partial charge in [-0.05, 0) is 32.0 Å². The van der Waals surface area contributed by atoms with E-state index in [0.29, 0.717) is 0 Å². The number of ether oxygens (including phenoxy) is 1. The minimum Gasteiger partial charge on any atom is -0.367 e. The van der Waals surface area contributed by atoms with Gasteiger partial charge in [0.15, 0.2) is 6.10 Å². The Bertz CT molecular complexity index is 408. The number of piperidine rings is 1. The summed E-state index contributed by atoms with van der Waals surface area (Å²) in [5, 5.41) is 3.09. The standard InChI is InChI=1S/C15H22N2O2/c1-17-10-6-9-13(11-17)16-15(18)14(19-2)12-7-4-3-5-8-12/h3-5,7-8,13-14H,6,9-11H2,1-2H3,(H,16,18)/t13-,14-/m0/s1. The van der Waals surface area contributed by atoms with Gasteiger partial charge in [0.1, 0.15) is 0 Å². The molecular weight excluding hydrogens is 240 g/mol. The molecule has 4 nitrogen and oxygen atoms in total. The Balaban J connectivity index is 1.97. The summed E-state index contributed by atoms with van der Waals surface area (Å²) in [6.07, 6.45) is 1.65. The van der Waals surface area contributed by atoms with Crippen molar-refractivity contribution in [2.45, 2.75) is 25.0 Å². The Morgan fingerprint density at radius 3 is 2.79 bits per heavy atom. The summed E-state index contributed by atoms with van der Waals surface area (Å²) in [4.78, 5) is 14.5. The van der Waals surface area contributed by atoms with Gasteiger partial charge in [0.2, 0.25) is 0 Å². The van der Waals surface area contributed by atoms with Crippen LogP contribution in [0.25, 0.3) is 0 Å².